The molecular weight excluding hydrogens is 324 g/mol. The molecule has 0 spiro atoms. The number of amides is 1. The van der Waals surface area contributed by atoms with Crippen molar-refractivity contribution >= 4 is 34.2 Å². The average molecular weight is 338 g/mol. The number of aromatic amines is 1. The molecule has 0 aliphatic heterocycles. The molecular formula is C16H14N6OS. The Morgan fingerprint density at radius 2 is 2.12 bits per heavy atom. The summed E-state index contributed by atoms with van der Waals surface area (Å²) in [6, 6.07) is 7.62. The normalized spacial score (nSPS) is 11.1. The summed E-state index contributed by atoms with van der Waals surface area (Å²) in [7, 11) is 1.85. The number of thiazole rings is 1. The molecule has 24 heavy (non-hydrogen) atoms. The van der Waals surface area contributed by atoms with Crippen molar-refractivity contribution < 1.29 is 4.79 Å². The summed E-state index contributed by atoms with van der Waals surface area (Å²) in [5.74, 6) is 0.205. The maximum absolute atomic E-state index is 12.5. The highest BCUT2D eigenvalue weighted by Crippen LogP contribution is 2.28. The number of H-pyrrole nitrogens is 1. The van der Waals surface area contributed by atoms with Crippen LogP contribution in [0.4, 0.5) is 5.95 Å². The number of aryl methyl sites for hydroxylation is 2. The van der Waals surface area contributed by atoms with E-state index in [2.05, 4.69) is 25.4 Å². The summed E-state index contributed by atoms with van der Waals surface area (Å²) in [6.45, 7) is 1.82. The van der Waals surface area contributed by atoms with Crippen molar-refractivity contribution in [1.29, 1.82) is 0 Å². The summed E-state index contributed by atoms with van der Waals surface area (Å²) in [6.07, 6.45) is 3.61. The number of carbonyl (C=O) groups is 1. The molecule has 4 aromatic rings. The zero-order valence-electron chi connectivity index (χ0n) is 13.1. The number of benzene rings is 1. The van der Waals surface area contributed by atoms with Gasteiger partial charge in [0.1, 0.15) is 9.88 Å². The maximum Gasteiger partial charge on any atom is 0.269 e. The van der Waals surface area contributed by atoms with Crippen LogP contribution in [0.1, 0.15) is 15.4 Å². The number of hydrogen-bond acceptors (Lipinski definition) is 5. The Kier molecular flexibility index (Phi) is 3.39. The van der Waals surface area contributed by atoms with E-state index in [-0.39, 0.29) is 5.91 Å². The predicted molar refractivity (Wildman–Crippen MR) is 93.1 cm³/mol. The number of nitrogens with zero attached hydrogens (tertiary/aromatic N) is 4. The summed E-state index contributed by atoms with van der Waals surface area (Å²) >= 11 is 1.34. The minimum Gasteiger partial charge on any atom is -0.324 e. The van der Waals surface area contributed by atoms with Gasteiger partial charge in [-0.1, -0.05) is 12.1 Å². The number of hydrogen-bond donors (Lipinski definition) is 2. The van der Waals surface area contributed by atoms with Crippen LogP contribution in [-0.2, 0) is 7.05 Å². The van der Waals surface area contributed by atoms with Gasteiger partial charge in [0.2, 0.25) is 5.95 Å². The molecule has 0 radical (unpaired) electrons. The molecule has 0 aliphatic rings. The Hall–Kier alpha value is -3.00. The summed E-state index contributed by atoms with van der Waals surface area (Å²) in [5, 5.41) is 7.71. The molecule has 2 N–H and O–H groups in total. The smallest absolute Gasteiger partial charge is 0.269 e. The number of imidazole rings is 1. The molecule has 0 atom stereocenters. The van der Waals surface area contributed by atoms with E-state index in [4.69, 9.17) is 0 Å². The van der Waals surface area contributed by atoms with Crippen LogP contribution in [0.15, 0.2) is 36.7 Å². The SMILES string of the molecule is Cc1nc(-c2cnn(C)c2)sc1C(=O)Nc1nc2ccccc2[nH]1. The molecule has 0 fully saturated rings. The number of rotatable bonds is 3. The van der Waals surface area contributed by atoms with Gasteiger partial charge in [0.15, 0.2) is 0 Å². The zero-order valence-corrected chi connectivity index (χ0v) is 13.9. The van der Waals surface area contributed by atoms with E-state index in [0.29, 0.717) is 16.5 Å². The molecule has 7 nitrogen and oxygen atoms in total. The highest BCUT2D eigenvalue weighted by molar-refractivity contribution is 7.17. The van der Waals surface area contributed by atoms with Gasteiger partial charge >= 0.3 is 0 Å². The van der Waals surface area contributed by atoms with Crippen molar-refractivity contribution in [3.8, 4) is 10.6 Å². The van der Waals surface area contributed by atoms with E-state index in [1.54, 1.807) is 10.9 Å². The molecule has 0 bridgehead atoms. The van der Waals surface area contributed by atoms with Crippen molar-refractivity contribution in [2.24, 2.45) is 7.05 Å². The molecule has 0 saturated carbocycles. The Morgan fingerprint density at radius 3 is 2.88 bits per heavy atom. The van der Waals surface area contributed by atoms with Crippen LogP contribution in [0.3, 0.4) is 0 Å². The Morgan fingerprint density at radius 1 is 1.29 bits per heavy atom. The van der Waals surface area contributed by atoms with E-state index in [1.165, 1.54) is 11.3 Å². The average Bonchev–Trinajstić information content (AvgIpc) is 3.24. The summed E-state index contributed by atoms with van der Waals surface area (Å²) in [4.78, 5) is 25.0. The standard InChI is InChI=1S/C16H14N6OS/c1-9-13(24-15(18-9)10-7-17-22(2)8-10)14(23)21-16-19-11-5-3-4-6-12(11)20-16/h3-8H,1-2H3,(H2,19,20,21,23). The topological polar surface area (TPSA) is 88.5 Å². The van der Waals surface area contributed by atoms with Crippen LogP contribution in [0.25, 0.3) is 21.6 Å². The van der Waals surface area contributed by atoms with Gasteiger partial charge in [-0.05, 0) is 19.1 Å². The minimum atomic E-state index is -0.223. The van der Waals surface area contributed by atoms with Crippen LogP contribution < -0.4 is 5.32 Å². The first-order valence-corrected chi connectivity index (χ1v) is 8.14. The van der Waals surface area contributed by atoms with E-state index < -0.39 is 0 Å². The molecule has 1 aromatic carbocycles. The number of anilines is 1. The van der Waals surface area contributed by atoms with Crippen molar-refractivity contribution in [2.75, 3.05) is 5.32 Å². The maximum atomic E-state index is 12.5. The third-order valence-electron chi connectivity index (χ3n) is 3.58. The number of para-hydroxylation sites is 2. The lowest BCUT2D eigenvalue weighted by Gasteiger charge is -1.99. The predicted octanol–water partition coefficient (Wildman–Crippen LogP) is 2.98. The highest BCUT2D eigenvalue weighted by Gasteiger charge is 2.18. The van der Waals surface area contributed by atoms with Crippen LogP contribution in [-0.4, -0.2) is 30.6 Å². The molecule has 4 rings (SSSR count). The van der Waals surface area contributed by atoms with E-state index >= 15 is 0 Å². The zero-order chi connectivity index (χ0) is 16.7. The molecule has 8 heteroatoms. The lowest BCUT2D eigenvalue weighted by Crippen LogP contribution is -2.12. The second-order valence-electron chi connectivity index (χ2n) is 5.39. The quantitative estimate of drug-likeness (QED) is 0.601. The fourth-order valence-electron chi connectivity index (χ4n) is 2.44. The lowest BCUT2D eigenvalue weighted by molar-refractivity contribution is 0.102. The lowest BCUT2D eigenvalue weighted by atomic mass is 10.3. The fraction of sp³-hybridized carbons (Fsp3) is 0.125. The number of fused-ring (bicyclic) bond motifs is 1. The molecule has 3 aromatic heterocycles. The molecule has 0 unspecified atom stereocenters. The first-order chi connectivity index (χ1) is 11.6. The fourth-order valence-corrected chi connectivity index (χ4v) is 3.37. The van der Waals surface area contributed by atoms with Crippen LogP contribution in [0.5, 0.6) is 0 Å². The van der Waals surface area contributed by atoms with E-state index in [9.17, 15) is 4.79 Å². The van der Waals surface area contributed by atoms with Gasteiger partial charge in [-0.25, -0.2) is 9.97 Å². The van der Waals surface area contributed by atoms with Gasteiger partial charge in [0, 0.05) is 18.8 Å². The third kappa shape index (κ3) is 2.56. The Balaban J connectivity index is 1.61. The highest BCUT2D eigenvalue weighted by atomic mass is 32.1. The van der Waals surface area contributed by atoms with Crippen molar-refractivity contribution in [3.63, 3.8) is 0 Å². The van der Waals surface area contributed by atoms with Gasteiger partial charge in [-0.3, -0.25) is 14.8 Å². The van der Waals surface area contributed by atoms with Crippen LogP contribution in [0.2, 0.25) is 0 Å². The molecule has 1 amide bonds. The Labute approximate surface area is 141 Å². The van der Waals surface area contributed by atoms with E-state index in [1.807, 2.05) is 44.4 Å². The first-order valence-electron chi connectivity index (χ1n) is 7.33. The van der Waals surface area contributed by atoms with Gasteiger partial charge < -0.3 is 4.98 Å². The number of carbonyl (C=O) groups excluding carboxylic acids is 1. The van der Waals surface area contributed by atoms with Crippen LogP contribution >= 0.6 is 11.3 Å². The molecule has 120 valence electrons. The van der Waals surface area contributed by atoms with Crippen LogP contribution in [0, 0.1) is 6.92 Å². The van der Waals surface area contributed by atoms with Gasteiger partial charge in [-0.2, -0.15) is 5.10 Å². The second kappa shape index (κ2) is 5.57. The minimum absolute atomic E-state index is 0.223. The summed E-state index contributed by atoms with van der Waals surface area (Å²) < 4.78 is 1.71. The van der Waals surface area contributed by atoms with E-state index in [0.717, 1.165) is 21.6 Å². The Bertz CT molecular complexity index is 1010. The second-order valence-corrected chi connectivity index (χ2v) is 6.39. The number of aromatic nitrogens is 5. The van der Waals surface area contributed by atoms with Crippen molar-refractivity contribution in [1.82, 2.24) is 24.7 Å². The molecule has 0 saturated heterocycles. The van der Waals surface area contributed by atoms with Gasteiger partial charge in [-0.15, -0.1) is 11.3 Å². The van der Waals surface area contributed by atoms with Crippen molar-refractivity contribution in [3.05, 3.63) is 47.2 Å². The molecule has 3 heterocycles. The van der Waals surface area contributed by atoms with Gasteiger partial charge in [0.25, 0.3) is 5.91 Å². The monoisotopic (exact) mass is 338 g/mol. The molecule has 0 aliphatic carbocycles. The largest absolute Gasteiger partial charge is 0.324 e. The third-order valence-corrected chi connectivity index (χ3v) is 4.78. The van der Waals surface area contributed by atoms with Gasteiger partial charge in [0.05, 0.1) is 22.9 Å². The first kappa shape index (κ1) is 14.6. The van der Waals surface area contributed by atoms with Crippen molar-refractivity contribution in [2.45, 2.75) is 6.92 Å². The number of nitrogens with one attached hydrogen (secondary N) is 2. The summed E-state index contributed by atoms with van der Waals surface area (Å²) in [5.41, 5.74) is 3.27.